The maximum Gasteiger partial charge on any atom is 0.416 e. The average molecular weight is 467 g/mol. The summed E-state index contributed by atoms with van der Waals surface area (Å²) < 4.78 is 40.2. The van der Waals surface area contributed by atoms with E-state index in [0.717, 1.165) is 23.7 Å². The van der Waals surface area contributed by atoms with Crippen LogP contribution in [0.25, 0.3) is 0 Å². The summed E-state index contributed by atoms with van der Waals surface area (Å²) in [5, 5.41) is 11.3. The van der Waals surface area contributed by atoms with Gasteiger partial charge in [0.05, 0.1) is 17.1 Å². The number of nitrogens with one attached hydrogen (secondary N) is 1. The van der Waals surface area contributed by atoms with Crippen molar-refractivity contribution in [1.82, 2.24) is 14.8 Å². The monoisotopic (exact) mass is 466 g/mol. The highest BCUT2D eigenvalue weighted by atomic mass is 32.2. The lowest BCUT2D eigenvalue weighted by molar-refractivity contribution is -0.137. The van der Waals surface area contributed by atoms with E-state index in [1.807, 2.05) is 11.6 Å². The van der Waals surface area contributed by atoms with Crippen molar-refractivity contribution in [3.8, 4) is 0 Å². The summed E-state index contributed by atoms with van der Waals surface area (Å²) in [6.07, 6.45) is -4.46. The molecule has 0 aliphatic heterocycles. The van der Waals surface area contributed by atoms with Gasteiger partial charge in [0.1, 0.15) is 5.82 Å². The lowest BCUT2D eigenvalue weighted by atomic mass is 10.2. The van der Waals surface area contributed by atoms with Crippen molar-refractivity contribution in [2.75, 3.05) is 11.1 Å². The third-order valence-electron chi connectivity index (χ3n) is 4.35. The fraction of sp³-hybridized carbons (Fsp3) is 0.286. The maximum atomic E-state index is 12.8. The van der Waals surface area contributed by atoms with Crippen LogP contribution in [0.5, 0.6) is 0 Å². The first-order chi connectivity index (χ1) is 14.7. The number of amides is 1. The predicted molar refractivity (Wildman–Crippen MR) is 118 cm³/mol. The minimum Gasteiger partial charge on any atom is -0.325 e. The molecule has 1 amide bonds. The van der Waals surface area contributed by atoms with Gasteiger partial charge in [0, 0.05) is 18.5 Å². The van der Waals surface area contributed by atoms with Crippen LogP contribution in [0.2, 0.25) is 0 Å². The van der Waals surface area contributed by atoms with Crippen LogP contribution in [-0.4, -0.2) is 26.4 Å². The Kier molecular flexibility index (Phi) is 7.66. The maximum absolute atomic E-state index is 12.8. The molecule has 0 aliphatic carbocycles. The van der Waals surface area contributed by atoms with Crippen molar-refractivity contribution in [2.24, 2.45) is 7.05 Å². The lowest BCUT2D eigenvalue weighted by Gasteiger charge is -2.09. The summed E-state index contributed by atoms with van der Waals surface area (Å²) in [4.78, 5) is 12.1. The second kappa shape index (κ2) is 10.2. The van der Waals surface area contributed by atoms with E-state index in [9.17, 15) is 18.0 Å². The van der Waals surface area contributed by atoms with Gasteiger partial charge in [-0.2, -0.15) is 13.2 Å². The first-order valence-electron chi connectivity index (χ1n) is 9.34. The van der Waals surface area contributed by atoms with Crippen molar-refractivity contribution in [3.05, 3.63) is 71.0 Å². The van der Waals surface area contributed by atoms with E-state index < -0.39 is 17.6 Å². The molecule has 1 heterocycles. The molecule has 1 N–H and O–H groups in total. The van der Waals surface area contributed by atoms with E-state index in [4.69, 9.17) is 0 Å². The van der Waals surface area contributed by atoms with Crippen molar-refractivity contribution in [2.45, 2.75) is 29.8 Å². The SMILES string of the molecule is Cc1ccc(CSCc2nnc(SCC(=O)Nc3cccc(C(F)(F)F)c3)n2C)cc1. The highest BCUT2D eigenvalue weighted by Crippen LogP contribution is 2.30. The van der Waals surface area contributed by atoms with E-state index in [1.165, 1.54) is 35.0 Å². The van der Waals surface area contributed by atoms with Crippen LogP contribution in [0, 0.1) is 6.92 Å². The van der Waals surface area contributed by atoms with E-state index in [-0.39, 0.29) is 11.4 Å². The number of hydrogen-bond acceptors (Lipinski definition) is 5. The summed E-state index contributed by atoms with van der Waals surface area (Å²) >= 11 is 2.90. The molecule has 10 heteroatoms. The molecule has 0 spiro atoms. The molecule has 164 valence electrons. The lowest BCUT2D eigenvalue weighted by Crippen LogP contribution is -2.15. The first kappa shape index (κ1) is 23.2. The van der Waals surface area contributed by atoms with Gasteiger partial charge in [-0.1, -0.05) is 47.7 Å². The van der Waals surface area contributed by atoms with Crippen molar-refractivity contribution in [1.29, 1.82) is 0 Å². The molecule has 2 aromatic carbocycles. The predicted octanol–water partition coefficient (Wildman–Crippen LogP) is 5.31. The number of benzene rings is 2. The van der Waals surface area contributed by atoms with Gasteiger partial charge in [-0.15, -0.1) is 22.0 Å². The zero-order valence-corrected chi connectivity index (χ0v) is 18.6. The van der Waals surface area contributed by atoms with Gasteiger partial charge < -0.3 is 9.88 Å². The highest BCUT2D eigenvalue weighted by Gasteiger charge is 2.30. The minimum absolute atomic E-state index is 0.0126. The highest BCUT2D eigenvalue weighted by molar-refractivity contribution is 7.99. The number of nitrogens with zero attached hydrogens (tertiary/aromatic N) is 3. The Morgan fingerprint density at radius 2 is 1.84 bits per heavy atom. The summed E-state index contributed by atoms with van der Waals surface area (Å²) in [6.45, 7) is 2.05. The quantitative estimate of drug-likeness (QED) is 0.456. The number of rotatable bonds is 8. The zero-order chi connectivity index (χ0) is 22.4. The fourth-order valence-corrected chi connectivity index (χ4v) is 4.34. The van der Waals surface area contributed by atoms with E-state index in [2.05, 4.69) is 46.7 Å². The van der Waals surface area contributed by atoms with Gasteiger partial charge in [-0.3, -0.25) is 4.79 Å². The molecule has 0 saturated carbocycles. The number of halogens is 3. The molecular weight excluding hydrogens is 445 g/mol. The number of hydrogen-bond donors (Lipinski definition) is 1. The van der Waals surface area contributed by atoms with Crippen LogP contribution in [0.4, 0.5) is 18.9 Å². The van der Waals surface area contributed by atoms with Crippen molar-refractivity contribution < 1.29 is 18.0 Å². The summed E-state index contributed by atoms with van der Waals surface area (Å²) in [6, 6.07) is 12.9. The number of aryl methyl sites for hydroxylation is 1. The van der Waals surface area contributed by atoms with Crippen LogP contribution >= 0.6 is 23.5 Å². The average Bonchev–Trinajstić information content (AvgIpc) is 3.07. The van der Waals surface area contributed by atoms with Crippen molar-refractivity contribution >= 4 is 35.1 Å². The minimum atomic E-state index is -4.46. The van der Waals surface area contributed by atoms with Gasteiger partial charge in [-0.05, 0) is 30.7 Å². The molecule has 0 aliphatic rings. The molecule has 0 saturated heterocycles. The van der Waals surface area contributed by atoms with E-state index >= 15 is 0 Å². The summed E-state index contributed by atoms with van der Waals surface area (Å²) in [5.74, 6) is 1.92. The number of alkyl halides is 3. The molecule has 0 fully saturated rings. The van der Waals surface area contributed by atoms with E-state index in [1.54, 1.807) is 11.8 Å². The Morgan fingerprint density at radius 3 is 2.55 bits per heavy atom. The number of carbonyl (C=O) groups is 1. The third-order valence-corrected chi connectivity index (χ3v) is 6.37. The van der Waals surface area contributed by atoms with Gasteiger partial charge in [0.2, 0.25) is 5.91 Å². The van der Waals surface area contributed by atoms with Crippen LogP contribution in [-0.2, 0) is 29.5 Å². The summed E-state index contributed by atoms with van der Waals surface area (Å²) in [5.41, 5.74) is 1.75. The second-order valence-electron chi connectivity index (χ2n) is 6.85. The van der Waals surface area contributed by atoms with Crippen LogP contribution < -0.4 is 5.32 Å². The first-order valence-corrected chi connectivity index (χ1v) is 11.5. The largest absolute Gasteiger partial charge is 0.416 e. The summed E-state index contributed by atoms with van der Waals surface area (Å²) in [7, 11) is 1.83. The molecule has 3 rings (SSSR count). The number of aromatic nitrogens is 3. The molecule has 1 aromatic heterocycles. The molecule has 5 nitrogen and oxygen atoms in total. The Labute approximate surface area is 186 Å². The topological polar surface area (TPSA) is 59.8 Å². The smallest absolute Gasteiger partial charge is 0.325 e. The van der Waals surface area contributed by atoms with Gasteiger partial charge in [-0.25, -0.2) is 0 Å². The Bertz CT molecular complexity index is 1040. The van der Waals surface area contributed by atoms with Gasteiger partial charge >= 0.3 is 6.18 Å². The van der Waals surface area contributed by atoms with Crippen LogP contribution in [0.15, 0.2) is 53.7 Å². The Hall–Kier alpha value is -2.46. The van der Waals surface area contributed by atoms with Gasteiger partial charge in [0.25, 0.3) is 0 Å². The van der Waals surface area contributed by atoms with Gasteiger partial charge in [0.15, 0.2) is 5.16 Å². The molecule has 0 radical (unpaired) electrons. The zero-order valence-electron chi connectivity index (χ0n) is 16.9. The fourth-order valence-electron chi connectivity index (χ4n) is 2.64. The van der Waals surface area contributed by atoms with E-state index in [0.29, 0.717) is 10.9 Å². The Balaban J connectivity index is 1.49. The molecule has 0 bridgehead atoms. The molecule has 3 aromatic rings. The molecule has 0 atom stereocenters. The van der Waals surface area contributed by atoms with Crippen LogP contribution in [0.1, 0.15) is 22.5 Å². The Morgan fingerprint density at radius 1 is 1.10 bits per heavy atom. The molecule has 0 unspecified atom stereocenters. The second-order valence-corrected chi connectivity index (χ2v) is 8.78. The number of thioether (sulfide) groups is 2. The number of carbonyl (C=O) groups excluding carboxylic acids is 1. The molecular formula is C21H21F3N4OS2. The molecule has 31 heavy (non-hydrogen) atoms. The van der Waals surface area contributed by atoms with Crippen molar-refractivity contribution in [3.63, 3.8) is 0 Å². The number of anilines is 1. The normalized spacial score (nSPS) is 11.5. The van der Waals surface area contributed by atoms with Crippen LogP contribution in [0.3, 0.4) is 0 Å². The standard InChI is InChI=1S/C21H21F3N4OS2/c1-14-6-8-15(9-7-14)11-30-12-18-26-27-20(28(18)2)31-13-19(29)25-17-5-3-4-16(10-17)21(22,23)24/h3-10H,11-13H2,1-2H3,(H,25,29). The third kappa shape index (κ3) is 6.76.